The van der Waals surface area contributed by atoms with Gasteiger partial charge in [0.25, 0.3) is 0 Å². The summed E-state index contributed by atoms with van der Waals surface area (Å²) in [6.07, 6.45) is 8.46. The Bertz CT molecular complexity index is 1500. The maximum absolute atomic E-state index is 5.23. The highest BCUT2D eigenvalue weighted by molar-refractivity contribution is 5.99. The fraction of sp³-hybridized carbons (Fsp3) is 0.176. The van der Waals surface area contributed by atoms with Crippen LogP contribution in [0.2, 0.25) is 0 Å². The highest BCUT2D eigenvalue weighted by Gasteiger charge is 2.32. The van der Waals surface area contributed by atoms with Crippen molar-refractivity contribution in [2.75, 3.05) is 7.05 Å². The Morgan fingerprint density at radius 1 is 0.737 bits per heavy atom. The van der Waals surface area contributed by atoms with Crippen LogP contribution in [0.25, 0.3) is 16.7 Å². The van der Waals surface area contributed by atoms with E-state index in [0.29, 0.717) is 0 Å². The average Bonchev–Trinajstić information content (AvgIpc) is 2.99. The van der Waals surface area contributed by atoms with E-state index in [1.54, 1.807) is 0 Å². The summed E-state index contributed by atoms with van der Waals surface area (Å²) in [4.78, 5) is 12.0. The van der Waals surface area contributed by atoms with Crippen molar-refractivity contribution in [1.29, 1.82) is 0 Å². The van der Waals surface area contributed by atoms with Crippen LogP contribution in [0.5, 0.6) is 0 Å². The number of amidine groups is 1. The van der Waals surface area contributed by atoms with Crippen LogP contribution in [0.15, 0.2) is 126 Å². The normalized spacial score (nSPS) is 19.4. The van der Waals surface area contributed by atoms with E-state index in [-0.39, 0.29) is 12.3 Å². The summed E-state index contributed by atoms with van der Waals surface area (Å²) in [7, 11) is 2.14. The number of rotatable bonds is 5. The Morgan fingerprint density at radius 3 is 2.16 bits per heavy atom. The first kappa shape index (κ1) is 24.1. The van der Waals surface area contributed by atoms with Gasteiger partial charge in [0.1, 0.15) is 18.2 Å². The quantitative estimate of drug-likeness (QED) is 0.318. The predicted octanol–water partition coefficient (Wildman–Crippen LogP) is 7.17. The summed E-state index contributed by atoms with van der Waals surface area (Å²) in [5, 5.41) is 3.86. The van der Waals surface area contributed by atoms with Gasteiger partial charge in [0.15, 0.2) is 0 Å². The molecule has 0 spiro atoms. The average molecular weight is 497 g/mol. The Balaban J connectivity index is 1.36. The number of pyridine rings is 1. The highest BCUT2D eigenvalue weighted by atomic mass is 15.4. The first-order valence-corrected chi connectivity index (χ1v) is 13.3. The molecule has 2 atom stereocenters. The van der Waals surface area contributed by atoms with Gasteiger partial charge in [-0.1, -0.05) is 97.1 Å². The SMILES string of the molecule is Cc1ccc(-c2cccc(C3N=C(c4ccccc4)N(C)C(C4=CC=C(c5ccccc5)CC4)N3)c2)cn1. The van der Waals surface area contributed by atoms with Crippen molar-refractivity contribution >= 4 is 11.4 Å². The molecular formula is C34H32N4. The van der Waals surface area contributed by atoms with Gasteiger partial charge < -0.3 is 4.90 Å². The summed E-state index contributed by atoms with van der Waals surface area (Å²) < 4.78 is 0. The number of aryl methyl sites for hydroxylation is 1. The number of benzene rings is 3. The zero-order valence-electron chi connectivity index (χ0n) is 21.9. The van der Waals surface area contributed by atoms with Gasteiger partial charge in [0.2, 0.25) is 0 Å². The molecule has 0 saturated heterocycles. The van der Waals surface area contributed by atoms with Gasteiger partial charge in [-0.3, -0.25) is 10.3 Å². The first-order valence-electron chi connectivity index (χ1n) is 13.3. The van der Waals surface area contributed by atoms with E-state index in [1.807, 2.05) is 13.1 Å². The maximum Gasteiger partial charge on any atom is 0.134 e. The summed E-state index contributed by atoms with van der Waals surface area (Å²) >= 11 is 0. The Labute approximate surface area is 225 Å². The van der Waals surface area contributed by atoms with Gasteiger partial charge in [-0.05, 0) is 59.7 Å². The molecule has 0 fully saturated rings. The summed E-state index contributed by atoms with van der Waals surface area (Å²) in [5.41, 5.74) is 9.62. The highest BCUT2D eigenvalue weighted by Crippen LogP contribution is 2.33. The number of aromatic nitrogens is 1. The fourth-order valence-corrected chi connectivity index (χ4v) is 5.33. The first-order chi connectivity index (χ1) is 18.7. The zero-order chi connectivity index (χ0) is 25.9. The van der Waals surface area contributed by atoms with E-state index in [1.165, 1.54) is 16.7 Å². The Kier molecular flexibility index (Phi) is 6.72. The molecule has 0 radical (unpaired) electrons. The molecule has 2 unspecified atom stereocenters. The molecule has 38 heavy (non-hydrogen) atoms. The minimum atomic E-state index is -0.162. The van der Waals surface area contributed by atoms with Crippen molar-refractivity contribution in [3.63, 3.8) is 0 Å². The lowest BCUT2D eigenvalue weighted by Gasteiger charge is -2.40. The van der Waals surface area contributed by atoms with Gasteiger partial charge in [-0.25, -0.2) is 4.99 Å². The molecule has 4 heteroatoms. The Morgan fingerprint density at radius 2 is 1.47 bits per heavy atom. The summed E-state index contributed by atoms with van der Waals surface area (Å²) in [6, 6.07) is 34.1. The second-order valence-electron chi connectivity index (χ2n) is 10.0. The zero-order valence-corrected chi connectivity index (χ0v) is 21.9. The number of aliphatic imine (C=N–C) groups is 1. The largest absolute Gasteiger partial charge is 0.340 e. The summed E-state index contributed by atoms with van der Waals surface area (Å²) in [5.74, 6) is 1.00. The standard InChI is InChI=1S/C34H32N4/c1-24-16-17-31(23-35-24)29-14-9-15-30(22-29)32-36-33(27-12-7-4-8-13-27)38(2)34(37-32)28-20-18-26(19-21-28)25-10-5-3-6-11-25/h3-18,20,22-23,32,34,37H,19,21H2,1-2H3. The van der Waals surface area contributed by atoms with Crippen molar-refractivity contribution in [2.24, 2.45) is 4.99 Å². The van der Waals surface area contributed by atoms with Crippen molar-refractivity contribution in [2.45, 2.75) is 32.1 Å². The monoisotopic (exact) mass is 496 g/mol. The van der Waals surface area contributed by atoms with Crippen LogP contribution in [0.4, 0.5) is 0 Å². The molecule has 6 rings (SSSR count). The predicted molar refractivity (Wildman–Crippen MR) is 157 cm³/mol. The third-order valence-electron chi connectivity index (χ3n) is 7.44. The molecule has 3 aromatic carbocycles. The molecule has 1 aromatic heterocycles. The number of hydrogen-bond donors (Lipinski definition) is 1. The number of nitrogens with zero attached hydrogens (tertiary/aromatic N) is 3. The minimum absolute atomic E-state index is 0.0472. The number of likely N-dealkylation sites (N-methyl/N-ethyl adjacent to an activating group) is 1. The van der Waals surface area contributed by atoms with Gasteiger partial charge in [0, 0.05) is 30.1 Å². The summed E-state index contributed by atoms with van der Waals surface area (Å²) in [6.45, 7) is 2.01. The molecule has 2 heterocycles. The van der Waals surface area contributed by atoms with E-state index < -0.39 is 0 Å². The Hall–Kier alpha value is -4.28. The van der Waals surface area contributed by atoms with Crippen LogP contribution >= 0.6 is 0 Å². The van der Waals surface area contributed by atoms with E-state index in [2.05, 4.69) is 131 Å². The lowest BCUT2D eigenvalue weighted by molar-refractivity contribution is 0.283. The molecular weight excluding hydrogens is 464 g/mol. The third-order valence-corrected chi connectivity index (χ3v) is 7.44. The number of hydrogen-bond acceptors (Lipinski definition) is 4. The van der Waals surface area contributed by atoms with E-state index in [9.17, 15) is 0 Å². The van der Waals surface area contributed by atoms with Crippen LogP contribution in [-0.4, -0.2) is 28.9 Å². The molecule has 188 valence electrons. The number of allylic oxidation sites excluding steroid dienone is 3. The maximum atomic E-state index is 5.23. The second kappa shape index (κ2) is 10.6. The van der Waals surface area contributed by atoms with Crippen molar-refractivity contribution < 1.29 is 0 Å². The van der Waals surface area contributed by atoms with Crippen LogP contribution < -0.4 is 5.32 Å². The van der Waals surface area contributed by atoms with Gasteiger partial charge >= 0.3 is 0 Å². The van der Waals surface area contributed by atoms with Gasteiger partial charge in [-0.15, -0.1) is 0 Å². The molecule has 0 amide bonds. The van der Waals surface area contributed by atoms with Crippen LogP contribution in [0.1, 0.15) is 41.4 Å². The van der Waals surface area contributed by atoms with Crippen LogP contribution in [0.3, 0.4) is 0 Å². The lowest BCUT2D eigenvalue weighted by atomic mass is 9.91. The van der Waals surface area contributed by atoms with Gasteiger partial charge in [0.05, 0.1) is 0 Å². The van der Waals surface area contributed by atoms with E-state index in [4.69, 9.17) is 4.99 Å². The van der Waals surface area contributed by atoms with Crippen molar-refractivity contribution in [1.82, 2.24) is 15.2 Å². The molecule has 1 aliphatic heterocycles. The van der Waals surface area contributed by atoms with Gasteiger partial charge in [-0.2, -0.15) is 0 Å². The van der Waals surface area contributed by atoms with E-state index in [0.717, 1.165) is 46.6 Å². The van der Waals surface area contributed by atoms with Crippen LogP contribution in [-0.2, 0) is 0 Å². The molecule has 0 saturated carbocycles. The lowest BCUT2D eigenvalue weighted by Crippen LogP contribution is -2.53. The van der Waals surface area contributed by atoms with Crippen LogP contribution in [0, 0.1) is 6.92 Å². The molecule has 0 bridgehead atoms. The number of nitrogens with one attached hydrogen (secondary N) is 1. The topological polar surface area (TPSA) is 40.5 Å². The third kappa shape index (κ3) is 4.96. The minimum Gasteiger partial charge on any atom is -0.340 e. The van der Waals surface area contributed by atoms with E-state index >= 15 is 0 Å². The second-order valence-corrected chi connectivity index (χ2v) is 10.0. The molecule has 1 aliphatic carbocycles. The van der Waals surface area contributed by atoms with Crippen molar-refractivity contribution in [3.05, 3.63) is 143 Å². The fourth-order valence-electron chi connectivity index (χ4n) is 5.33. The molecule has 4 nitrogen and oxygen atoms in total. The molecule has 2 aliphatic rings. The smallest absolute Gasteiger partial charge is 0.134 e. The molecule has 1 N–H and O–H groups in total. The van der Waals surface area contributed by atoms with Crippen molar-refractivity contribution in [3.8, 4) is 11.1 Å². The molecule has 4 aromatic rings.